The number of rotatable bonds is 9. The molecule has 0 saturated heterocycles. The van der Waals surface area contributed by atoms with Crippen molar-refractivity contribution in [1.82, 2.24) is 25.1 Å². The van der Waals surface area contributed by atoms with E-state index in [0.29, 0.717) is 36.8 Å². The van der Waals surface area contributed by atoms with E-state index in [4.69, 9.17) is 0 Å². The number of aromatic nitrogens is 5. The first kappa shape index (κ1) is 20.1. The molecule has 156 valence electrons. The first-order chi connectivity index (χ1) is 15.2. The zero-order chi connectivity index (χ0) is 21.5. The van der Waals surface area contributed by atoms with Crippen molar-refractivity contribution in [2.75, 3.05) is 16.8 Å². The molecule has 0 fully saturated rings. The smallest absolute Gasteiger partial charge is 0.214 e. The van der Waals surface area contributed by atoms with Gasteiger partial charge in [-0.3, -0.25) is 14.9 Å². The van der Waals surface area contributed by atoms with Crippen LogP contribution in [0.2, 0.25) is 0 Å². The highest BCUT2D eigenvalue weighted by molar-refractivity contribution is 5.82. The quantitative estimate of drug-likeness (QED) is 0.406. The lowest BCUT2D eigenvalue weighted by Crippen LogP contribution is -2.23. The first-order valence-corrected chi connectivity index (χ1v) is 9.68. The Labute approximate surface area is 178 Å². The number of pyridine rings is 1. The molecule has 0 bridgehead atoms. The molecule has 0 radical (unpaired) electrons. The molecule has 2 N–H and O–H groups in total. The Kier molecular flexibility index (Phi) is 6.22. The fraction of sp³-hybridized carbons (Fsp3) is 0.136. The normalized spacial score (nSPS) is 10.6. The van der Waals surface area contributed by atoms with Crippen LogP contribution in [0, 0.1) is 5.82 Å². The number of anilines is 2. The molecule has 31 heavy (non-hydrogen) atoms. The molecular formula is C22H20FN7O. The number of halogens is 1. The van der Waals surface area contributed by atoms with Crippen LogP contribution in [-0.4, -0.2) is 38.1 Å². The second-order valence-electron chi connectivity index (χ2n) is 6.82. The molecule has 1 aromatic carbocycles. The van der Waals surface area contributed by atoms with Gasteiger partial charge in [0.05, 0.1) is 24.5 Å². The van der Waals surface area contributed by atoms with Gasteiger partial charge in [-0.15, -0.1) is 0 Å². The van der Waals surface area contributed by atoms with Gasteiger partial charge in [0.1, 0.15) is 11.5 Å². The second-order valence-corrected chi connectivity index (χ2v) is 6.82. The molecule has 3 heterocycles. The third-order valence-corrected chi connectivity index (χ3v) is 4.63. The van der Waals surface area contributed by atoms with Crippen LogP contribution < -0.4 is 10.2 Å². The molecule has 0 spiro atoms. The lowest BCUT2D eigenvalue weighted by Gasteiger charge is -2.21. The molecule has 3 aromatic heterocycles. The molecule has 0 aliphatic rings. The maximum absolute atomic E-state index is 13.4. The van der Waals surface area contributed by atoms with Crippen LogP contribution in [0.25, 0.3) is 11.4 Å². The second kappa shape index (κ2) is 9.57. The fourth-order valence-corrected chi connectivity index (χ4v) is 3.11. The summed E-state index contributed by atoms with van der Waals surface area (Å²) in [6.07, 6.45) is 9.63. The predicted molar refractivity (Wildman–Crippen MR) is 115 cm³/mol. The van der Waals surface area contributed by atoms with Crippen LogP contribution in [0.1, 0.15) is 11.1 Å². The molecular weight excluding hydrogens is 397 g/mol. The minimum absolute atomic E-state index is 0.272. The standard InChI is InChI=1S/C22H20FN7O/c23-19-5-1-3-16(9-19)6-8-25-22-20(13-26-21(29-22)18-11-27-28-12-18)30(15-31)14-17-4-2-7-24-10-17/h1-5,7,9-13,15H,6,8,14H2,(H,27,28)(H,25,26,29). The summed E-state index contributed by atoms with van der Waals surface area (Å²) in [5.41, 5.74) is 3.00. The van der Waals surface area contributed by atoms with Crippen LogP contribution in [0.4, 0.5) is 15.9 Å². The lowest BCUT2D eigenvalue weighted by molar-refractivity contribution is -0.107. The minimum Gasteiger partial charge on any atom is -0.368 e. The van der Waals surface area contributed by atoms with E-state index in [1.54, 1.807) is 37.1 Å². The molecule has 1 amide bonds. The predicted octanol–water partition coefficient (Wildman–Crippen LogP) is 3.22. The van der Waals surface area contributed by atoms with Crippen molar-refractivity contribution >= 4 is 17.9 Å². The number of carbonyl (C=O) groups excluding carboxylic acids is 1. The van der Waals surface area contributed by atoms with Gasteiger partial charge in [-0.1, -0.05) is 18.2 Å². The molecule has 0 saturated carbocycles. The zero-order valence-electron chi connectivity index (χ0n) is 16.6. The number of amides is 1. The van der Waals surface area contributed by atoms with E-state index in [1.807, 2.05) is 18.2 Å². The third kappa shape index (κ3) is 5.08. The first-order valence-electron chi connectivity index (χ1n) is 9.68. The Hall–Kier alpha value is -4.14. The number of nitrogens with one attached hydrogen (secondary N) is 2. The maximum Gasteiger partial charge on any atom is 0.214 e. The van der Waals surface area contributed by atoms with E-state index < -0.39 is 0 Å². The Balaban J connectivity index is 1.59. The van der Waals surface area contributed by atoms with Crippen LogP contribution in [0.3, 0.4) is 0 Å². The lowest BCUT2D eigenvalue weighted by atomic mass is 10.1. The van der Waals surface area contributed by atoms with E-state index in [2.05, 4.69) is 30.5 Å². The molecule has 8 nitrogen and oxygen atoms in total. The van der Waals surface area contributed by atoms with Gasteiger partial charge in [-0.2, -0.15) is 5.10 Å². The topological polar surface area (TPSA) is 99.7 Å². The highest BCUT2D eigenvalue weighted by Gasteiger charge is 2.16. The minimum atomic E-state index is -0.272. The summed E-state index contributed by atoms with van der Waals surface area (Å²) in [6.45, 7) is 0.822. The Morgan fingerprint density at radius 3 is 2.77 bits per heavy atom. The van der Waals surface area contributed by atoms with Crippen LogP contribution in [0.5, 0.6) is 0 Å². The van der Waals surface area contributed by atoms with E-state index in [1.165, 1.54) is 17.0 Å². The summed E-state index contributed by atoms with van der Waals surface area (Å²) in [7, 11) is 0. The van der Waals surface area contributed by atoms with Crippen molar-refractivity contribution in [2.24, 2.45) is 0 Å². The third-order valence-electron chi connectivity index (χ3n) is 4.63. The zero-order valence-corrected chi connectivity index (χ0v) is 16.6. The Morgan fingerprint density at radius 2 is 2.03 bits per heavy atom. The number of benzene rings is 1. The Bertz CT molecular complexity index is 1140. The highest BCUT2D eigenvalue weighted by atomic mass is 19.1. The monoisotopic (exact) mass is 417 g/mol. The van der Waals surface area contributed by atoms with E-state index in [-0.39, 0.29) is 5.82 Å². The number of hydrogen-bond acceptors (Lipinski definition) is 6. The number of nitrogens with zero attached hydrogens (tertiary/aromatic N) is 5. The van der Waals surface area contributed by atoms with Crippen molar-refractivity contribution in [3.05, 3.63) is 84.3 Å². The molecule has 9 heteroatoms. The van der Waals surface area contributed by atoms with Crippen LogP contribution in [0.15, 0.2) is 67.4 Å². The Morgan fingerprint density at radius 1 is 1.13 bits per heavy atom. The van der Waals surface area contributed by atoms with E-state index in [9.17, 15) is 9.18 Å². The average molecular weight is 417 g/mol. The van der Waals surface area contributed by atoms with Gasteiger partial charge >= 0.3 is 0 Å². The fourth-order valence-electron chi connectivity index (χ4n) is 3.11. The van der Waals surface area contributed by atoms with Gasteiger partial charge in [-0.05, 0) is 35.7 Å². The van der Waals surface area contributed by atoms with E-state index in [0.717, 1.165) is 23.1 Å². The summed E-state index contributed by atoms with van der Waals surface area (Å²) >= 11 is 0. The van der Waals surface area contributed by atoms with Gasteiger partial charge in [-0.25, -0.2) is 14.4 Å². The summed E-state index contributed by atoms with van der Waals surface area (Å²) in [6, 6.07) is 10.2. The van der Waals surface area contributed by atoms with Crippen molar-refractivity contribution < 1.29 is 9.18 Å². The van der Waals surface area contributed by atoms with Crippen molar-refractivity contribution in [1.29, 1.82) is 0 Å². The largest absolute Gasteiger partial charge is 0.368 e. The van der Waals surface area contributed by atoms with Crippen molar-refractivity contribution in [3.8, 4) is 11.4 Å². The molecule has 0 aliphatic heterocycles. The summed E-state index contributed by atoms with van der Waals surface area (Å²) in [5.74, 6) is 0.697. The number of aromatic amines is 1. The number of hydrogen-bond donors (Lipinski definition) is 2. The molecule has 4 aromatic rings. The van der Waals surface area contributed by atoms with Crippen LogP contribution >= 0.6 is 0 Å². The molecule has 0 unspecified atom stereocenters. The highest BCUT2D eigenvalue weighted by Crippen LogP contribution is 2.26. The molecule has 0 atom stereocenters. The number of carbonyl (C=O) groups is 1. The summed E-state index contributed by atoms with van der Waals surface area (Å²) < 4.78 is 13.4. The van der Waals surface area contributed by atoms with Gasteiger partial charge in [0.2, 0.25) is 6.41 Å². The van der Waals surface area contributed by atoms with Gasteiger partial charge in [0, 0.05) is 25.1 Å². The van der Waals surface area contributed by atoms with Crippen molar-refractivity contribution in [2.45, 2.75) is 13.0 Å². The summed E-state index contributed by atoms with van der Waals surface area (Å²) in [5, 5.41) is 9.94. The van der Waals surface area contributed by atoms with Crippen molar-refractivity contribution in [3.63, 3.8) is 0 Å². The SMILES string of the molecule is O=CN(Cc1cccnc1)c1cnc(-c2cn[nH]c2)nc1NCCc1cccc(F)c1. The summed E-state index contributed by atoms with van der Waals surface area (Å²) in [4.78, 5) is 26.5. The number of H-pyrrole nitrogens is 1. The molecule has 4 rings (SSSR count). The maximum atomic E-state index is 13.4. The van der Waals surface area contributed by atoms with Gasteiger partial charge in [0.15, 0.2) is 11.6 Å². The van der Waals surface area contributed by atoms with Gasteiger partial charge < -0.3 is 10.2 Å². The van der Waals surface area contributed by atoms with Gasteiger partial charge in [0.25, 0.3) is 0 Å². The average Bonchev–Trinajstić information content (AvgIpc) is 3.33. The van der Waals surface area contributed by atoms with E-state index >= 15 is 0 Å². The molecule has 0 aliphatic carbocycles. The van der Waals surface area contributed by atoms with Crippen LogP contribution in [-0.2, 0) is 17.8 Å².